The van der Waals surface area contributed by atoms with E-state index in [0.717, 1.165) is 43.2 Å². The van der Waals surface area contributed by atoms with E-state index in [2.05, 4.69) is 16.1 Å². The Kier molecular flexibility index (Phi) is 5.99. The van der Waals surface area contributed by atoms with Crippen molar-refractivity contribution in [3.63, 3.8) is 0 Å². The smallest absolute Gasteiger partial charge is 0.292 e. The highest BCUT2D eigenvalue weighted by Crippen LogP contribution is 2.28. The SMILES string of the molecule is O=C(c1cc([C@@H]2CCCN(Cc3cccc(Cl)c3)C2)no1)N1CCC(O)CC1. The van der Waals surface area contributed by atoms with Crippen LogP contribution in [0.3, 0.4) is 0 Å². The molecule has 2 fully saturated rings. The minimum atomic E-state index is -0.304. The number of amides is 1. The number of aromatic nitrogens is 1. The molecule has 0 aliphatic carbocycles. The van der Waals surface area contributed by atoms with Gasteiger partial charge in [0.05, 0.1) is 11.8 Å². The van der Waals surface area contributed by atoms with Crippen LogP contribution < -0.4 is 0 Å². The van der Waals surface area contributed by atoms with Crippen molar-refractivity contribution in [1.29, 1.82) is 0 Å². The number of aliphatic hydroxyl groups is 1. The molecular formula is C21H26ClN3O3. The van der Waals surface area contributed by atoms with Gasteiger partial charge in [-0.2, -0.15) is 0 Å². The third-order valence-corrected chi connectivity index (χ3v) is 5.94. The van der Waals surface area contributed by atoms with Gasteiger partial charge >= 0.3 is 0 Å². The second-order valence-corrected chi connectivity index (χ2v) is 8.28. The van der Waals surface area contributed by atoms with Gasteiger partial charge in [0.2, 0.25) is 5.76 Å². The Morgan fingerprint density at radius 3 is 2.82 bits per heavy atom. The normalized spacial score (nSPS) is 21.8. The molecule has 2 aromatic rings. The Hall–Kier alpha value is -1.89. The van der Waals surface area contributed by atoms with E-state index in [1.54, 1.807) is 11.0 Å². The first-order valence-corrected chi connectivity index (χ1v) is 10.4. The molecule has 6 nitrogen and oxygen atoms in total. The molecule has 3 heterocycles. The summed E-state index contributed by atoms with van der Waals surface area (Å²) in [5.41, 5.74) is 2.06. The summed E-state index contributed by atoms with van der Waals surface area (Å²) in [7, 11) is 0. The molecule has 1 aromatic heterocycles. The second-order valence-electron chi connectivity index (χ2n) is 7.84. The minimum absolute atomic E-state index is 0.128. The number of aliphatic hydroxyl groups excluding tert-OH is 1. The first-order chi connectivity index (χ1) is 13.6. The van der Waals surface area contributed by atoms with Crippen molar-refractivity contribution < 1.29 is 14.4 Å². The predicted octanol–water partition coefficient (Wildman–Crippen LogP) is 3.30. The van der Waals surface area contributed by atoms with Gasteiger partial charge in [-0.05, 0) is 49.9 Å². The monoisotopic (exact) mass is 403 g/mol. The lowest BCUT2D eigenvalue weighted by atomic mass is 9.94. The van der Waals surface area contributed by atoms with Crippen LogP contribution in [0.4, 0.5) is 0 Å². The summed E-state index contributed by atoms with van der Waals surface area (Å²) in [4.78, 5) is 16.8. The van der Waals surface area contributed by atoms with Crippen LogP contribution in [0.15, 0.2) is 34.9 Å². The summed E-state index contributed by atoms with van der Waals surface area (Å²) >= 11 is 6.10. The Labute approximate surface area is 170 Å². The van der Waals surface area contributed by atoms with Crippen molar-refractivity contribution in [3.05, 3.63) is 52.4 Å². The number of rotatable bonds is 4. The van der Waals surface area contributed by atoms with Crippen LogP contribution in [-0.4, -0.2) is 58.3 Å². The van der Waals surface area contributed by atoms with Gasteiger partial charge in [0.1, 0.15) is 0 Å². The fraction of sp³-hybridized carbons (Fsp3) is 0.524. The van der Waals surface area contributed by atoms with Crippen LogP contribution in [0.25, 0.3) is 0 Å². The zero-order valence-corrected chi connectivity index (χ0v) is 16.6. The number of carbonyl (C=O) groups is 1. The summed E-state index contributed by atoms with van der Waals surface area (Å²) in [6.45, 7) is 3.92. The van der Waals surface area contributed by atoms with Crippen LogP contribution in [-0.2, 0) is 6.54 Å². The van der Waals surface area contributed by atoms with Crippen molar-refractivity contribution in [3.8, 4) is 0 Å². The highest BCUT2D eigenvalue weighted by atomic mass is 35.5. The first-order valence-electron chi connectivity index (χ1n) is 9.99. The van der Waals surface area contributed by atoms with Crippen molar-refractivity contribution >= 4 is 17.5 Å². The molecule has 28 heavy (non-hydrogen) atoms. The molecule has 0 radical (unpaired) electrons. The standard InChI is InChI=1S/C21H26ClN3O3/c22-17-5-1-3-15(11-17)13-24-8-2-4-16(14-24)19-12-20(28-23-19)21(27)25-9-6-18(26)7-10-25/h1,3,5,11-12,16,18,26H,2,4,6-10,13-14H2/t16-/m1/s1. The largest absolute Gasteiger partial charge is 0.393 e. The summed E-state index contributed by atoms with van der Waals surface area (Å²) in [5, 5.41) is 14.6. The minimum Gasteiger partial charge on any atom is -0.393 e. The lowest BCUT2D eigenvalue weighted by Crippen LogP contribution is -2.39. The summed E-state index contributed by atoms with van der Waals surface area (Å²) < 4.78 is 5.39. The molecule has 1 amide bonds. The maximum absolute atomic E-state index is 12.6. The van der Waals surface area contributed by atoms with E-state index in [0.29, 0.717) is 31.7 Å². The topological polar surface area (TPSA) is 69.8 Å². The highest BCUT2D eigenvalue weighted by molar-refractivity contribution is 6.30. The number of carbonyl (C=O) groups excluding carboxylic acids is 1. The highest BCUT2D eigenvalue weighted by Gasteiger charge is 2.28. The average Bonchev–Trinajstić information content (AvgIpc) is 3.19. The van der Waals surface area contributed by atoms with Crippen molar-refractivity contribution in [2.45, 2.75) is 44.2 Å². The predicted molar refractivity (Wildman–Crippen MR) is 106 cm³/mol. The van der Waals surface area contributed by atoms with E-state index in [-0.39, 0.29) is 17.9 Å². The summed E-state index contributed by atoms with van der Waals surface area (Å²) in [5.74, 6) is 0.442. The summed E-state index contributed by atoms with van der Waals surface area (Å²) in [6, 6.07) is 9.78. The molecule has 1 aromatic carbocycles. The molecule has 0 spiro atoms. The van der Waals surface area contributed by atoms with Crippen LogP contribution in [0, 0.1) is 0 Å². The summed E-state index contributed by atoms with van der Waals surface area (Å²) in [6.07, 6.45) is 3.07. The maximum Gasteiger partial charge on any atom is 0.292 e. The Bertz CT molecular complexity index is 817. The lowest BCUT2D eigenvalue weighted by Gasteiger charge is -2.31. The third-order valence-electron chi connectivity index (χ3n) is 5.71. The number of nitrogens with zero attached hydrogens (tertiary/aromatic N) is 3. The van der Waals surface area contributed by atoms with Crippen LogP contribution in [0.2, 0.25) is 5.02 Å². The van der Waals surface area contributed by atoms with Gasteiger partial charge < -0.3 is 14.5 Å². The Morgan fingerprint density at radius 1 is 1.21 bits per heavy atom. The second kappa shape index (κ2) is 8.64. The molecule has 1 N–H and O–H groups in total. The number of hydrogen-bond donors (Lipinski definition) is 1. The molecule has 0 unspecified atom stereocenters. The zero-order valence-electron chi connectivity index (χ0n) is 15.9. The Morgan fingerprint density at radius 2 is 2.04 bits per heavy atom. The molecule has 2 aliphatic rings. The molecule has 1 atom stereocenters. The molecule has 2 aliphatic heterocycles. The van der Waals surface area contributed by atoms with Crippen molar-refractivity contribution in [2.75, 3.05) is 26.2 Å². The van der Waals surface area contributed by atoms with Gasteiger partial charge in [-0.1, -0.05) is 28.9 Å². The molecular weight excluding hydrogens is 378 g/mol. The van der Waals surface area contributed by atoms with E-state index in [1.807, 2.05) is 18.2 Å². The van der Waals surface area contributed by atoms with Crippen molar-refractivity contribution in [2.24, 2.45) is 0 Å². The molecule has 150 valence electrons. The average molecular weight is 404 g/mol. The number of halogens is 1. The molecule has 2 saturated heterocycles. The van der Waals surface area contributed by atoms with Crippen LogP contribution in [0.5, 0.6) is 0 Å². The fourth-order valence-electron chi connectivity index (χ4n) is 4.14. The van der Waals surface area contributed by atoms with E-state index in [9.17, 15) is 9.90 Å². The van der Waals surface area contributed by atoms with Crippen LogP contribution >= 0.6 is 11.6 Å². The van der Waals surface area contributed by atoms with Crippen molar-refractivity contribution in [1.82, 2.24) is 15.0 Å². The van der Waals surface area contributed by atoms with E-state index < -0.39 is 0 Å². The van der Waals surface area contributed by atoms with E-state index in [1.165, 1.54) is 5.56 Å². The molecule has 7 heteroatoms. The number of piperidine rings is 2. The molecule has 4 rings (SSSR count). The first kappa shape index (κ1) is 19.4. The van der Waals surface area contributed by atoms with E-state index >= 15 is 0 Å². The number of benzene rings is 1. The Balaban J connectivity index is 1.38. The van der Waals surface area contributed by atoms with Gasteiger partial charge in [0.25, 0.3) is 5.91 Å². The third kappa shape index (κ3) is 4.57. The zero-order chi connectivity index (χ0) is 19.5. The van der Waals surface area contributed by atoms with Gasteiger partial charge in [-0.15, -0.1) is 0 Å². The molecule has 0 saturated carbocycles. The fourth-order valence-corrected chi connectivity index (χ4v) is 4.35. The van der Waals surface area contributed by atoms with Crippen LogP contribution in [0.1, 0.15) is 53.4 Å². The van der Waals surface area contributed by atoms with E-state index in [4.69, 9.17) is 16.1 Å². The number of likely N-dealkylation sites (tertiary alicyclic amines) is 2. The lowest BCUT2D eigenvalue weighted by molar-refractivity contribution is 0.0512. The van der Waals surface area contributed by atoms with Gasteiger partial charge in [-0.3, -0.25) is 9.69 Å². The quantitative estimate of drug-likeness (QED) is 0.848. The van der Waals surface area contributed by atoms with Gasteiger partial charge in [0.15, 0.2) is 0 Å². The molecule has 0 bridgehead atoms. The van der Waals surface area contributed by atoms with Gasteiger partial charge in [-0.25, -0.2) is 0 Å². The van der Waals surface area contributed by atoms with Gasteiger partial charge in [0, 0.05) is 43.2 Å². The maximum atomic E-state index is 12.6. The number of hydrogen-bond acceptors (Lipinski definition) is 5.